The molecule has 98 valence electrons. The van der Waals surface area contributed by atoms with Crippen LogP contribution >= 0.6 is 0 Å². The fourth-order valence-electron chi connectivity index (χ4n) is 2.37. The first-order valence-electron chi connectivity index (χ1n) is 6.61. The summed E-state index contributed by atoms with van der Waals surface area (Å²) in [4.78, 5) is 16.5. The van der Waals surface area contributed by atoms with Gasteiger partial charge in [-0.3, -0.25) is 9.78 Å². The van der Waals surface area contributed by atoms with E-state index in [0.29, 0.717) is 6.61 Å². The number of amides is 1. The van der Waals surface area contributed by atoms with Gasteiger partial charge in [0.1, 0.15) is 6.10 Å². The van der Waals surface area contributed by atoms with Gasteiger partial charge in [-0.2, -0.15) is 0 Å². The first kappa shape index (κ1) is 12.1. The van der Waals surface area contributed by atoms with Crippen LogP contribution in [0.1, 0.15) is 19.3 Å². The van der Waals surface area contributed by atoms with E-state index in [0.717, 1.165) is 35.9 Å². The number of nitrogens with zero attached hydrogens (tertiary/aromatic N) is 1. The number of rotatable bonds is 2. The van der Waals surface area contributed by atoms with E-state index in [-0.39, 0.29) is 12.0 Å². The van der Waals surface area contributed by atoms with Crippen LogP contribution in [0.15, 0.2) is 36.5 Å². The summed E-state index contributed by atoms with van der Waals surface area (Å²) in [6, 6.07) is 9.64. The van der Waals surface area contributed by atoms with Crippen molar-refractivity contribution in [1.82, 2.24) is 4.98 Å². The van der Waals surface area contributed by atoms with Crippen LogP contribution in [0.25, 0.3) is 10.9 Å². The van der Waals surface area contributed by atoms with Gasteiger partial charge in [0.15, 0.2) is 0 Å². The minimum Gasteiger partial charge on any atom is -0.368 e. The maximum absolute atomic E-state index is 12.1. The molecule has 1 saturated heterocycles. The van der Waals surface area contributed by atoms with Crippen LogP contribution in [-0.2, 0) is 9.53 Å². The molecule has 1 aliphatic heterocycles. The van der Waals surface area contributed by atoms with Gasteiger partial charge in [-0.25, -0.2) is 0 Å². The highest BCUT2D eigenvalue weighted by Gasteiger charge is 2.22. The van der Waals surface area contributed by atoms with E-state index in [9.17, 15) is 4.79 Å². The first-order valence-corrected chi connectivity index (χ1v) is 6.61. The van der Waals surface area contributed by atoms with Crippen molar-refractivity contribution in [2.45, 2.75) is 25.4 Å². The molecule has 4 heteroatoms. The van der Waals surface area contributed by atoms with E-state index < -0.39 is 0 Å². The number of para-hydroxylation sites is 1. The highest BCUT2D eigenvalue weighted by atomic mass is 16.5. The Morgan fingerprint density at radius 2 is 2.16 bits per heavy atom. The summed E-state index contributed by atoms with van der Waals surface area (Å²) in [5.41, 5.74) is 1.56. The Balaban J connectivity index is 1.82. The van der Waals surface area contributed by atoms with E-state index in [1.54, 1.807) is 6.20 Å². The van der Waals surface area contributed by atoms with Crippen molar-refractivity contribution in [1.29, 1.82) is 0 Å². The summed E-state index contributed by atoms with van der Waals surface area (Å²) >= 11 is 0. The highest BCUT2D eigenvalue weighted by Crippen LogP contribution is 2.22. The van der Waals surface area contributed by atoms with Crippen molar-refractivity contribution in [2.75, 3.05) is 11.9 Å². The Hall–Kier alpha value is -1.94. The SMILES string of the molecule is O=C(Nc1cccc2cccnc12)C1CCCCO1. The average molecular weight is 256 g/mol. The molecule has 0 aliphatic carbocycles. The van der Waals surface area contributed by atoms with Gasteiger partial charge in [0.2, 0.25) is 0 Å². The Kier molecular flexibility index (Phi) is 3.42. The number of ether oxygens (including phenoxy) is 1. The summed E-state index contributed by atoms with van der Waals surface area (Å²) in [5.74, 6) is -0.0714. The van der Waals surface area contributed by atoms with Gasteiger partial charge < -0.3 is 10.1 Å². The van der Waals surface area contributed by atoms with Crippen molar-refractivity contribution < 1.29 is 9.53 Å². The molecule has 1 unspecified atom stereocenters. The number of benzene rings is 1. The lowest BCUT2D eigenvalue weighted by Gasteiger charge is -2.21. The molecule has 0 saturated carbocycles. The van der Waals surface area contributed by atoms with Gasteiger partial charge >= 0.3 is 0 Å². The van der Waals surface area contributed by atoms with E-state index in [1.807, 2.05) is 30.3 Å². The second-order valence-corrected chi connectivity index (χ2v) is 4.73. The first-order chi connectivity index (χ1) is 9.34. The van der Waals surface area contributed by atoms with E-state index in [1.165, 1.54) is 0 Å². The monoisotopic (exact) mass is 256 g/mol. The van der Waals surface area contributed by atoms with E-state index >= 15 is 0 Å². The summed E-state index contributed by atoms with van der Waals surface area (Å²) in [6.45, 7) is 0.672. The molecule has 1 aliphatic rings. The number of carbonyl (C=O) groups is 1. The maximum atomic E-state index is 12.1. The molecule has 1 aromatic heterocycles. The molecule has 1 fully saturated rings. The number of hydrogen-bond acceptors (Lipinski definition) is 3. The largest absolute Gasteiger partial charge is 0.368 e. The second kappa shape index (κ2) is 5.36. The number of anilines is 1. The zero-order valence-electron chi connectivity index (χ0n) is 10.6. The van der Waals surface area contributed by atoms with Crippen molar-refractivity contribution in [3.05, 3.63) is 36.5 Å². The Labute approximate surface area is 111 Å². The average Bonchev–Trinajstić information content (AvgIpc) is 2.48. The summed E-state index contributed by atoms with van der Waals surface area (Å²) < 4.78 is 5.49. The molecule has 0 spiro atoms. The van der Waals surface area contributed by atoms with Crippen LogP contribution in [0, 0.1) is 0 Å². The molecule has 1 N–H and O–H groups in total. The van der Waals surface area contributed by atoms with Gasteiger partial charge in [-0.15, -0.1) is 0 Å². The Morgan fingerprint density at radius 3 is 3.00 bits per heavy atom. The smallest absolute Gasteiger partial charge is 0.253 e. The normalized spacial score (nSPS) is 19.3. The summed E-state index contributed by atoms with van der Waals surface area (Å²) in [6.07, 6.45) is 4.29. The van der Waals surface area contributed by atoms with Crippen molar-refractivity contribution >= 4 is 22.5 Å². The van der Waals surface area contributed by atoms with Crippen LogP contribution in [0.2, 0.25) is 0 Å². The van der Waals surface area contributed by atoms with Gasteiger partial charge in [0.25, 0.3) is 5.91 Å². The predicted molar refractivity (Wildman–Crippen MR) is 74.0 cm³/mol. The van der Waals surface area contributed by atoms with Crippen molar-refractivity contribution in [2.24, 2.45) is 0 Å². The lowest BCUT2D eigenvalue weighted by molar-refractivity contribution is -0.129. The quantitative estimate of drug-likeness (QED) is 0.898. The number of nitrogens with one attached hydrogen (secondary N) is 1. The third-order valence-corrected chi connectivity index (χ3v) is 3.36. The highest BCUT2D eigenvalue weighted by molar-refractivity contribution is 6.01. The van der Waals surface area contributed by atoms with Gasteiger partial charge in [0.05, 0.1) is 11.2 Å². The van der Waals surface area contributed by atoms with Crippen molar-refractivity contribution in [3.8, 4) is 0 Å². The molecule has 3 rings (SSSR count). The number of pyridine rings is 1. The fourth-order valence-corrected chi connectivity index (χ4v) is 2.37. The van der Waals surface area contributed by atoms with Crippen LogP contribution in [0.3, 0.4) is 0 Å². The topological polar surface area (TPSA) is 51.2 Å². The minimum atomic E-state index is -0.326. The summed E-state index contributed by atoms with van der Waals surface area (Å²) in [5, 5.41) is 3.95. The lowest BCUT2D eigenvalue weighted by atomic mass is 10.1. The van der Waals surface area contributed by atoms with E-state index in [4.69, 9.17) is 4.74 Å². The lowest BCUT2D eigenvalue weighted by Crippen LogP contribution is -2.33. The van der Waals surface area contributed by atoms with Gasteiger partial charge in [0, 0.05) is 18.2 Å². The van der Waals surface area contributed by atoms with Gasteiger partial charge in [-0.05, 0) is 31.4 Å². The zero-order chi connectivity index (χ0) is 13.1. The molecule has 4 nitrogen and oxygen atoms in total. The van der Waals surface area contributed by atoms with Gasteiger partial charge in [-0.1, -0.05) is 18.2 Å². The third-order valence-electron chi connectivity index (χ3n) is 3.36. The molecule has 0 radical (unpaired) electrons. The predicted octanol–water partition coefficient (Wildman–Crippen LogP) is 2.74. The molecule has 0 bridgehead atoms. The van der Waals surface area contributed by atoms with Crippen LogP contribution in [0.5, 0.6) is 0 Å². The Morgan fingerprint density at radius 1 is 1.26 bits per heavy atom. The summed E-state index contributed by atoms with van der Waals surface area (Å²) in [7, 11) is 0. The molecule has 1 aromatic carbocycles. The number of hydrogen-bond donors (Lipinski definition) is 1. The molecule has 2 aromatic rings. The molecule has 1 amide bonds. The molecule has 1 atom stereocenters. The number of aromatic nitrogens is 1. The fraction of sp³-hybridized carbons (Fsp3) is 0.333. The maximum Gasteiger partial charge on any atom is 0.253 e. The second-order valence-electron chi connectivity index (χ2n) is 4.73. The number of fused-ring (bicyclic) bond motifs is 1. The molecule has 19 heavy (non-hydrogen) atoms. The van der Waals surface area contributed by atoms with E-state index in [2.05, 4.69) is 10.3 Å². The minimum absolute atomic E-state index is 0.0714. The standard InChI is InChI=1S/C15H16N2O2/c18-15(13-8-1-2-10-19-13)17-12-7-3-5-11-6-4-9-16-14(11)12/h3-7,9,13H,1-2,8,10H2,(H,17,18). The third kappa shape index (κ3) is 2.58. The van der Waals surface area contributed by atoms with Crippen LogP contribution in [-0.4, -0.2) is 23.6 Å². The van der Waals surface area contributed by atoms with Crippen LogP contribution in [0.4, 0.5) is 5.69 Å². The molecular weight excluding hydrogens is 240 g/mol. The number of carbonyl (C=O) groups excluding carboxylic acids is 1. The molecule has 2 heterocycles. The zero-order valence-corrected chi connectivity index (χ0v) is 10.6. The van der Waals surface area contributed by atoms with Crippen molar-refractivity contribution in [3.63, 3.8) is 0 Å². The Bertz CT molecular complexity index is 586. The molecular formula is C15H16N2O2. The van der Waals surface area contributed by atoms with Crippen LogP contribution < -0.4 is 5.32 Å².